The fourth-order valence-corrected chi connectivity index (χ4v) is 2.29. The number of benzene rings is 2. The van der Waals surface area contributed by atoms with Crippen molar-refractivity contribution in [2.75, 3.05) is 0 Å². The molecule has 2 aromatic rings. The number of rotatable bonds is 3. The molecule has 0 saturated heterocycles. The molecule has 0 amide bonds. The van der Waals surface area contributed by atoms with Crippen molar-refractivity contribution in [1.29, 1.82) is 0 Å². The average molecular weight is 285 g/mol. The molecular formula is C12H6F3NO2S. The van der Waals surface area contributed by atoms with Gasteiger partial charge in [-0.05, 0) is 18.2 Å². The summed E-state index contributed by atoms with van der Waals surface area (Å²) in [5.74, 6) is -2.33. The Hall–Kier alpha value is -2.02. The van der Waals surface area contributed by atoms with Gasteiger partial charge < -0.3 is 0 Å². The predicted octanol–water partition coefficient (Wildman–Crippen LogP) is 4.16. The first kappa shape index (κ1) is 13.4. The van der Waals surface area contributed by atoms with E-state index in [1.807, 2.05) is 0 Å². The monoisotopic (exact) mass is 285 g/mol. The zero-order chi connectivity index (χ0) is 14.0. The van der Waals surface area contributed by atoms with Gasteiger partial charge in [0.25, 0.3) is 5.69 Å². The lowest BCUT2D eigenvalue weighted by Gasteiger charge is -2.03. The molecule has 0 heterocycles. The topological polar surface area (TPSA) is 43.1 Å². The summed E-state index contributed by atoms with van der Waals surface area (Å²) in [4.78, 5) is 10.1. The third kappa shape index (κ3) is 3.25. The zero-order valence-corrected chi connectivity index (χ0v) is 10.1. The lowest BCUT2D eigenvalue weighted by molar-refractivity contribution is -0.385. The summed E-state index contributed by atoms with van der Waals surface area (Å²) in [6.07, 6.45) is 0. The number of halogens is 3. The van der Waals surface area contributed by atoms with Gasteiger partial charge in [0.2, 0.25) is 0 Å². The molecule has 0 atom stereocenters. The van der Waals surface area contributed by atoms with Crippen LogP contribution >= 0.6 is 11.8 Å². The summed E-state index contributed by atoms with van der Waals surface area (Å²) in [6, 6.07) is 5.86. The van der Waals surface area contributed by atoms with Crippen molar-refractivity contribution < 1.29 is 18.1 Å². The van der Waals surface area contributed by atoms with Crippen LogP contribution in [0.2, 0.25) is 0 Å². The predicted molar refractivity (Wildman–Crippen MR) is 63.5 cm³/mol. The third-order valence-electron chi connectivity index (χ3n) is 2.19. The van der Waals surface area contributed by atoms with Crippen LogP contribution in [0, 0.1) is 27.6 Å². The molecule has 3 nitrogen and oxygen atoms in total. The highest BCUT2D eigenvalue weighted by molar-refractivity contribution is 7.99. The van der Waals surface area contributed by atoms with Gasteiger partial charge in [-0.3, -0.25) is 10.1 Å². The molecule has 2 rings (SSSR count). The fraction of sp³-hybridized carbons (Fsp3) is 0. The van der Waals surface area contributed by atoms with Crippen molar-refractivity contribution in [2.24, 2.45) is 0 Å². The van der Waals surface area contributed by atoms with Crippen molar-refractivity contribution in [3.63, 3.8) is 0 Å². The van der Waals surface area contributed by atoms with E-state index in [2.05, 4.69) is 0 Å². The number of nitro groups is 1. The van der Waals surface area contributed by atoms with Gasteiger partial charge in [0.15, 0.2) is 0 Å². The van der Waals surface area contributed by atoms with Crippen LogP contribution in [0.5, 0.6) is 0 Å². The molecule has 98 valence electrons. The molecule has 0 aliphatic rings. The van der Waals surface area contributed by atoms with Gasteiger partial charge in [-0.1, -0.05) is 11.8 Å². The second-order valence-electron chi connectivity index (χ2n) is 3.58. The standard InChI is InChI=1S/C12H6F3NO2S/c13-7-1-2-12(11(15)5-7)19-10-4-8(14)3-9(6-10)16(17)18/h1-6H. The van der Waals surface area contributed by atoms with Crippen molar-refractivity contribution in [3.05, 3.63) is 64.0 Å². The zero-order valence-electron chi connectivity index (χ0n) is 9.27. The van der Waals surface area contributed by atoms with Crippen LogP contribution in [0.15, 0.2) is 46.2 Å². The van der Waals surface area contributed by atoms with Crippen LogP contribution < -0.4 is 0 Å². The van der Waals surface area contributed by atoms with E-state index in [4.69, 9.17) is 0 Å². The molecule has 7 heteroatoms. The number of nitrogens with zero attached hydrogens (tertiary/aromatic N) is 1. The van der Waals surface area contributed by atoms with E-state index in [-0.39, 0.29) is 9.79 Å². The molecule has 0 bridgehead atoms. The summed E-state index contributed by atoms with van der Waals surface area (Å²) in [7, 11) is 0. The highest BCUT2D eigenvalue weighted by Gasteiger charge is 2.12. The summed E-state index contributed by atoms with van der Waals surface area (Å²) in [5.41, 5.74) is -0.426. The molecule has 0 aliphatic carbocycles. The highest BCUT2D eigenvalue weighted by atomic mass is 32.2. The Morgan fingerprint density at radius 2 is 1.74 bits per heavy atom. The maximum Gasteiger partial charge on any atom is 0.273 e. The van der Waals surface area contributed by atoms with Gasteiger partial charge in [-0.15, -0.1) is 0 Å². The quantitative estimate of drug-likeness (QED) is 0.628. The molecule has 0 fully saturated rings. The first-order valence-corrected chi connectivity index (χ1v) is 5.85. The molecule has 0 N–H and O–H groups in total. The minimum Gasteiger partial charge on any atom is -0.258 e. The Morgan fingerprint density at radius 3 is 2.37 bits per heavy atom. The lowest BCUT2D eigenvalue weighted by atomic mass is 10.3. The van der Waals surface area contributed by atoms with E-state index in [1.54, 1.807) is 0 Å². The van der Waals surface area contributed by atoms with E-state index in [0.29, 0.717) is 6.07 Å². The number of non-ortho nitro benzene ring substituents is 1. The molecule has 0 saturated carbocycles. The number of hydrogen-bond donors (Lipinski definition) is 0. The minimum absolute atomic E-state index is 0.0568. The molecule has 0 spiro atoms. The fourth-order valence-electron chi connectivity index (χ4n) is 1.40. The Balaban J connectivity index is 2.35. The van der Waals surface area contributed by atoms with Gasteiger partial charge in [-0.2, -0.15) is 0 Å². The third-order valence-corrected chi connectivity index (χ3v) is 3.21. The number of nitro benzene ring substituents is 1. The second-order valence-corrected chi connectivity index (χ2v) is 4.69. The van der Waals surface area contributed by atoms with E-state index in [1.165, 1.54) is 6.07 Å². The van der Waals surface area contributed by atoms with E-state index >= 15 is 0 Å². The molecule has 19 heavy (non-hydrogen) atoms. The Kier molecular flexibility index (Phi) is 3.75. The first-order chi connectivity index (χ1) is 8.95. The van der Waals surface area contributed by atoms with E-state index in [0.717, 1.165) is 36.0 Å². The second kappa shape index (κ2) is 5.31. The summed E-state index contributed by atoms with van der Waals surface area (Å²) < 4.78 is 39.3. The first-order valence-electron chi connectivity index (χ1n) is 5.03. The van der Waals surface area contributed by atoms with Gasteiger partial charge in [0, 0.05) is 21.9 Å². The molecule has 0 radical (unpaired) electrons. The van der Waals surface area contributed by atoms with Crippen molar-refractivity contribution >= 4 is 17.4 Å². The Labute approximate surface area is 110 Å². The summed E-state index contributed by atoms with van der Waals surface area (Å²) >= 11 is 0.783. The van der Waals surface area contributed by atoms with Gasteiger partial charge >= 0.3 is 0 Å². The summed E-state index contributed by atoms with van der Waals surface area (Å²) in [6.45, 7) is 0. The Morgan fingerprint density at radius 1 is 1.00 bits per heavy atom. The molecule has 0 aliphatic heterocycles. The molecular weight excluding hydrogens is 279 g/mol. The van der Waals surface area contributed by atoms with Crippen molar-refractivity contribution in [1.82, 2.24) is 0 Å². The van der Waals surface area contributed by atoms with Gasteiger partial charge in [0.1, 0.15) is 17.5 Å². The lowest BCUT2D eigenvalue weighted by Crippen LogP contribution is -1.90. The summed E-state index contributed by atoms with van der Waals surface area (Å²) in [5, 5.41) is 10.6. The maximum atomic E-state index is 13.4. The molecule has 2 aromatic carbocycles. The highest BCUT2D eigenvalue weighted by Crippen LogP contribution is 2.32. The van der Waals surface area contributed by atoms with E-state index in [9.17, 15) is 23.3 Å². The van der Waals surface area contributed by atoms with Gasteiger partial charge in [-0.25, -0.2) is 13.2 Å². The van der Waals surface area contributed by atoms with Crippen LogP contribution in [0.25, 0.3) is 0 Å². The van der Waals surface area contributed by atoms with Crippen LogP contribution in [-0.2, 0) is 0 Å². The smallest absolute Gasteiger partial charge is 0.258 e. The van der Waals surface area contributed by atoms with Crippen LogP contribution in [0.4, 0.5) is 18.9 Å². The molecule has 0 unspecified atom stereocenters. The van der Waals surface area contributed by atoms with Crippen LogP contribution in [-0.4, -0.2) is 4.92 Å². The Bertz CT molecular complexity index is 649. The minimum atomic E-state index is -0.808. The van der Waals surface area contributed by atoms with Crippen LogP contribution in [0.1, 0.15) is 0 Å². The van der Waals surface area contributed by atoms with Crippen molar-refractivity contribution in [2.45, 2.75) is 9.79 Å². The maximum absolute atomic E-state index is 13.4. The number of hydrogen-bond acceptors (Lipinski definition) is 3. The van der Waals surface area contributed by atoms with Crippen LogP contribution in [0.3, 0.4) is 0 Å². The van der Waals surface area contributed by atoms with Gasteiger partial charge in [0.05, 0.1) is 11.0 Å². The molecule has 0 aromatic heterocycles. The SMILES string of the molecule is O=[N+]([O-])c1cc(F)cc(Sc2ccc(F)cc2F)c1. The largest absolute Gasteiger partial charge is 0.273 e. The van der Waals surface area contributed by atoms with E-state index < -0.39 is 28.1 Å². The normalized spacial score (nSPS) is 10.5. The van der Waals surface area contributed by atoms with Crippen molar-refractivity contribution in [3.8, 4) is 0 Å². The average Bonchev–Trinajstić information content (AvgIpc) is 2.32.